The van der Waals surface area contributed by atoms with Crippen molar-refractivity contribution in [3.05, 3.63) is 43.7 Å². The van der Waals surface area contributed by atoms with Crippen molar-refractivity contribution in [3.8, 4) is 0 Å². The maximum absolute atomic E-state index is 12.0. The summed E-state index contributed by atoms with van der Waals surface area (Å²) in [4.78, 5) is 25.5. The van der Waals surface area contributed by atoms with Crippen molar-refractivity contribution >= 4 is 50.0 Å². The molecule has 3 aromatic heterocycles. The van der Waals surface area contributed by atoms with Gasteiger partial charge in [0.2, 0.25) is 0 Å². The first-order valence-electron chi connectivity index (χ1n) is 5.59. The number of thiophene rings is 1. The third kappa shape index (κ3) is 2.39. The van der Waals surface area contributed by atoms with Crippen LogP contribution in [-0.4, -0.2) is 19.5 Å². The number of anilines is 1. The van der Waals surface area contributed by atoms with Crippen LogP contribution in [0.2, 0.25) is 0 Å². The molecule has 3 heterocycles. The predicted molar refractivity (Wildman–Crippen MR) is 85.5 cm³/mol. The van der Waals surface area contributed by atoms with Crippen molar-refractivity contribution < 1.29 is 0 Å². The molecule has 9 heteroatoms. The summed E-state index contributed by atoms with van der Waals surface area (Å²) in [5.74, 6) is 6.54. The number of nitrogens with two attached hydrogens (primary N) is 1. The number of nitrogens with zero attached hydrogens (tertiary/aromatic N) is 4. The van der Waals surface area contributed by atoms with Crippen LogP contribution in [0.15, 0.2) is 28.8 Å². The van der Waals surface area contributed by atoms with Crippen LogP contribution >= 0.6 is 33.9 Å². The van der Waals surface area contributed by atoms with Crippen LogP contribution in [0.5, 0.6) is 0 Å². The van der Waals surface area contributed by atoms with Gasteiger partial charge in [0.15, 0.2) is 11.6 Å². The van der Waals surface area contributed by atoms with Crippen LogP contribution < -0.4 is 16.8 Å². The number of hydrogen-bond acceptors (Lipinski definition) is 7. The Kier molecular flexibility index (Phi) is 3.63. The van der Waals surface area contributed by atoms with Gasteiger partial charge in [0.1, 0.15) is 4.83 Å². The SMILES string of the molecule is NNc1nc(Cn2cncc(I)c2=O)nc2sccc12. The highest BCUT2D eigenvalue weighted by Crippen LogP contribution is 2.24. The number of nitrogens with one attached hydrogen (secondary N) is 1. The third-order valence-electron chi connectivity index (χ3n) is 2.68. The molecule has 3 aromatic rings. The fraction of sp³-hybridized carbons (Fsp3) is 0.0909. The Balaban J connectivity index is 2.06. The largest absolute Gasteiger partial charge is 0.308 e. The van der Waals surface area contributed by atoms with Crippen molar-refractivity contribution in [1.82, 2.24) is 19.5 Å². The zero-order chi connectivity index (χ0) is 14.1. The van der Waals surface area contributed by atoms with Crippen LogP contribution in [0, 0.1) is 3.57 Å². The van der Waals surface area contributed by atoms with Crippen molar-refractivity contribution in [1.29, 1.82) is 0 Å². The number of nitrogen functional groups attached to an aromatic ring is 1. The predicted octanol–water partition coefficient (Wildman–Crippen LogP) is 1.19. The smallest absolute Gasteiger partial charge is 0.267 e. The topological polar surface area (TPSA) is 98.7 Å². The van der Waals surface area contributed by atoms with Crippen molar-refractivity contribution in [2.75, 3.05) is 5.43 Å². The van der Waals surface area contributed by atoms with E-state index in [1.54, 1.807) is 0 Å². The van der Waals surface area contributed by atoms with E-state index in [1.165, 1.54) is 28.4 Å². The monoisotopic (exact) mass is 400 g/mol. The van der Waals surface area contributed by atoms with E-state index in [1.807, 2.05) is 34.0 Å². The molecule has 3 N–H and O–H groups in total. The van der Waals surface area contributed by atoms with E-state index in [2.05, 4.69) is 20.4 Å². The minimum absolute atomic E-state index is 0.113. The lowest BCUT2D eigenvalue weighted by atomic mass is 10.4. The van der Waals surface area contributed by atoms with Gasteiger partial charge in [-0.2, -0.15) is 0 Å². The zero-order valence-electron chi connectivity index (χ0n) is 10.1. The second kappa shape index (κ2) is 5.42. The van der Waals surface area contributed by atoms with Gasteiger partial charge in [-0.3, -0.25) is 9.36 Å². The van der Waals surface area contributed by atoms with Gasteiger partial charge in [-0.25, -0.2) is 20.8 Å². The van der Waals surface area contributed by atoms with Gasteiger partial charge in [0.25, 0.3) is 5.56 Å². The Hall–Kier alpha value is -1.59. The molecule has 0 saturated heterocycles. The van der Waals surface area contributed by atoms with Crippen LogP contribution in [0.3, 0.4) is 0 Å². The van der Waals surface area contributed by atoms with E-state index in [0.29, 0.717) is 15.2 Å². The van der Waals surface area contributed by atoms with Gasteiger partial charge in [-0.05, 0) is 34.0 Å². The highest BCUT2D eigenvalue weighted by Gasteiger charge is 2.10. The molecule has 0 atom stereocenters. The van der Waals surface area contributed by atoms with Crippen LogP contribution in [0.25, 0.3) is 10.2 Å². The summed E-state index contributed by atoms with van der Waals surface area (Å²) in [6.07, 6.45) is 3.00. The Labute approximate surface area is 131 Å². The molecule has 7 nitrogen and oxygen atoms in total. The highest BCUT2D eigenvalue weighted by molar-refractivity contribution is 14.1. The lowest BCUT2D eigenvalue weighted by molar-refractivity contribution is 0.697. The standard InChI is InChI=1S/C11H9IN6OS/c12-7-3-14-5-18(11(7)19)4-8-15-9(17-13)6-1-2-20-10(6)16-8/h1-3,5H,4,13H2,(H,15,16,17). The Morgan fingerprint density at radius 1 is 1.45 bits per heavy atom. The van der Waals surface area contributed by atoms with E-state index in [9.17, 15) is 4.79 Å². The number of hydrogen-bond donors (Lipinski definition) is 2. The molecule has 102 valence electrons. The van der Waals surface area contributed by atoms with Crippen LogP contribution in [-0.2, 0) is 6.54 Å². The van der Waals surface area contributed by atoms with Gasteiger partial charge in [-0.15, -0.1) is 11.3 Å². The molecule has 0 aliphatic rings. The summed E-state index contributed by atoms with van der Waals surface area (Å²) in [7, 11) is 0. The fourth-order valence-electron chi connectivity index (χ4n) is 1.77. The van der Waals surface area contributed by atoms with Crippen molar-refractivity contribution in [2.24, 2.45) is 5.84 Å². The van der Waals surface area contributed by atoms with E-state index < -0.39 is 0 Å². The number of rotatable bonds is 3. The second-order valence-electron chi connectivity index (χ2n) is 3.95. The molecular weight excluding hydrogens is 391 g/mol. The summed E-state index contributed by atoms with van der Waals surface area (Å²) in [6.45, 7) is 0.255. The molecular formula is C11H9IN6OS. The van der Waals surface area contributed by atoms with E-state index in [0.717, 1.165) is 10.2 Å². The summed E-state index contributed by atoms with van der Waals surface area (Å²) < 4.78 is 2.02. The number of halogens is 1. The molecule has 3 rings (SSSR count). The molecule has 0 unspecified atom stereocenters. The lowest BCUT2D eigenvalue weighted by Crippen LogP contribution is -2.24. The zero-order valence-corrected chi connectivity index (χ0v) is 13.1. The van der Waals surface area contributed by atoms with E-state index in [4.69, 9.17) is 5.84 Å². The first kappa shape index (κ1) is 13.4. The van der Waals surface area contributed by atoms with Crippen molar-refractivity contribution in [2.45, 2.75) is 6.54 Å². The molecule has 0 spiro atoms. The summed E-state index contributed by atoms with van der Waals surface area (Å²) in [5, 5.41) is 2.79. The van der Waals surface area contributed by atoms with Crippen molar-refractivity contribution in [3.63, 3.8) is 0 Å². The molecule has 0 fully saturated rings. The number of hydrazine groups is 1. The summed E-state index contributed by atoms with van der Waals surface area (Å²) in [6, 6.07) is 1.90. The quantitative estimate of drug-likeness (QED) is 0.389. The minimum Gasteiger partial charge on any atom is -0.308 e. The number of fused-ring (bicyclic) bond motifs is 1. The normalized spacial score (nSPS) is 10.9. The average Bonchev–Trinajstić information content (AvgIpc) is 2.91. The second-order valence-corrected chi connectivity index (χ2v) is 6.00. The molecule has 0 amide bonds. The van der Waals surface area contributed by atoms with E-state index >= 15 is 0 Å². The maximum Gasteiger partial charge on any atom is 0.267 e. The summed E-state index contributed by atoms with van der Waals surface area (Å²) in [5.41, 5.74) is 2.45. The number of aromatic nitrogens is 4. The molecule has 0 aliphatic carbocycles. The van der Waals surface area contributed by atoms with E-state index in [-0.39, 0.29) is 12.1 Å². The first-order chi connectivity index (χ1) is 9.69. The fourth-order valence-corrected chi connectivity index (χ4v) is 3.02. The summed E-state index contributed by atoms with van der Waals surface area (Å²) >= 11 is 3.45. The molecule has 0 radical (unpaired) electrons. The van der Waals surface area contributed by atoms with Gasteiger partial charge in [-0.1, -0.05) is 0 Å². The third-order valence-corrected chi connectivity index (χ3v) is 4.23. The molecule has 0 aliphatic heterocycles. The van der Waals surface area contributed by atoms with Crippen LogP contribution in [0.4, 0.5) is 5.82 Å². The van der Waals surface area contributed by atoms with Crippen LogP contribution in [0.1, 0.15) is 5.82 Å². The Bertz CT molecular complexity index is 829. The molecule has 0 aromatic carbocycles. The van der Waals surface area contributed by atoms with Gasteiger partial charge < -0.3 is 5.43 Å². The lowest BCUT2D eigenvalue weighted by Gasteiger charge is -2.07. The molecule has 0 saturated carbocycles. The molecule has 0 bridgehead atoms. The van der Waals surface area contributed by atoms with Gasteiger partial charge >= 0.3 is 0 Å². The minimum atomic E-state index is -0.113. The molecule has 20 heavy (non-hydrogen) atoms. The average molecular weight is 400 g/mol. The highest BCUT2D eigenvalue weighted by atomic mass is 127. The van der Waals surface area contributed by atoms with Gasteiger partial charge in [0.05, 0.1) is 21.8 Å². The Morgan fingerprint density at radius 2 is 2.30 bits per heavy atom. The first-order valence-corrected chi connectivity index (χ1v) is 7.55. The Morgan fingerprint density at radius 3 is 3.10 bits per heavy atom. The maximum atomic E-state index is 12.0. The van der Waals surface area contributed by atoms with Gasteiger partial charge in [0, 0.05) is 6.20 Å².